The lowest BCUT2D eigenvalue weighted by molar-refractivity contribution is 0.0130. The average molecular weight is 524 g/mol. The topological polar surface area (TPSA) is 72.7 Å². The zero-order valence-electron chi connectivity index (χ0n) is 23.2. The molecule has 1 saturated heterocycles. The molecule has 1 amide bonds. The van der Waals surface area contributed by atoms with Crippen molar-refractivity contribution in [2.75, 3.05) is 18.0 Å². The van der Waals surface area contributed by atoms with Crippen molar-refractivity contribution in [3.63, 3.8) is 0 Å². The maximum Gasteiger partial charge on any atom is 0.410 e. The molecule has 0 spiro atoms. The fourth-order valence-electron chi connectivity index (χ4n) is 4.00. The molecule has 0 aliphatic carbocycles. The Labute approximate surface area is 216 Å². The van der Waals surface area contributed by atoms with E-state index in [4.69, 9.17) is 25.7 Å². The van der Waals surface area contributed by atoms with Gasteiger partial charge >= 0.3 is 6.09 Å². The van der Waals surface area contributed by atoms with Crippen molar-refractivity contribution >= 4 is 42.9 Å². The maximum absolute atomic E-state index is 12.8. The van der Waals surface area contributed by atoms with Gasteiger partial charge < -0.3 is 23.5 Å². The number of piperazine rings is 1. The molecule has 3 rings (SSSR count). The molecule has 0 N–H and O–H groups in total. The number of imidazole rings is 1. The number of carbonyl (C=O) groups is 1. The number of nitrogens with zero attached hydrogens (tertiary/aromatic N) is 5. The molecule has 196 valence electrons. The summed E-state index contributed by atoms with van der Waals surface area (Å²) < 4.78 is 14.1. The second kappa shape index (κ2) is 9.56. The van der Waals surface area contributed by atoms with Gasteiger partial charge in [0.1, 0.15) is 22.1 Å². The van der Waals surface area contributed by atoms with Crippen molar-refractivity contribution in [3.05, 3.63) is 17.0 Å². The highest BCUT2D eigenvalue weighted by molar-refractivity contribution is 6.74. The van der Waals surface area contributed by atoms with Gasteiger partial charge in [-0.2, -0.15) is 0 Å². The third-order valence-corrected chi connectivity index (χ3v) is 11.8. The number of ether oxygens (including phenoxy) is 1. The van der Waals surface area contributed by atoms with E-state index in [0.717, 1.165) is 22.7 Å². The number of anilines is 1. The lowest BCUT2D eigenvalue weighted by Crippen LogP contribution is -2.59. The van der Waals surface area contributed by atoms with Gasteiger partial charge in [0.2, 0.25) is 0 Å². The van der Waals surface area contributed by atoms with Gasteiger partial charge in [0.15, 0.2) is 14.0 Å². The first kappa shape index (κ1) is 27.7. The number of hydrogen-bond donors (Lipinski definition) is 0. The van der Waals surface area contributed by atoms with E-state index in [-0.39, 0.29) is 23.2 Å². The highest BCUT2D eigenvalue weighted by Crippen LogP contribution is 2.38. The molecule has 1 aliphatic heterocycles. The molecular weight excluding hydrogens is 482 g/mol. The van der Waals surface area contributed by atoms with E-state index in [1.54, 1.807) is 0 Å². The predicted molar refractivity (Wildman–Crippen MR) is 145 cm³/mol. The second-order valence-corrected chi connectivity index (χ2v) is 17.5. The molecule has 1 aliphatic rings. The molecule has 3 heterocycles. The molecule has 2 aromatic heterocycles. The highest BCUT2D eigenvalue weighted by atomic mass is 35.5. The van der Waals surface area contributed by atoms with Crippen LogP contribution in [-0.2, 0) is 22.8 Å². The van der Waals surface area contributed by atoms with E-state index in [1.165, 1.54) is 0 Å². The second-order valence-electron chi connectivity index (χ2n) is 12.3. The zero-order chi connectivity index (χ0) is 26.5. The van der Waals surface area contributed by atoms with Crippen molar-refractivity contribution < 1.29 is 14.0 Å². The number of fused-ring (bicyclic) bond motifs is 1. The summed E-state index contributed by atoms with van der Waals surface area (Å²) in [6.45, 7) is 22.6. The lowest BCUT2D eigenvalue weighted by atomic mass is 10.1. The molecule has 2 aromatic rings. The van der Waals surface area contributed by atoms with Crippen LogP contribution in [0.5, 0.6) is 0 Å². The van der Waals surface area contributed by atoms with Crippen molar-refractivity contribution in [2.24, 2.45) is 7.05 Å². The minimum atomic E-state index is -1.93. The van der Waals surface area contributed by atoms with Crippen LogP contribution in [0.1, 0.15) is 61.2 Å². The number of carbonyl (C=O) groups excluding carboxylic acids is 1. The Morgan fingerprint density at radius 2 is 1.74 bits per heavy atom. The van der Waals surface area contributed by atoms with Gasteiger partial charge in [0.05, 0.1) is 12.3 Å². The van der Waals surface area contributed by atoms with Gasteiger partial charge in [-0.05, 0) is 52.8 Å². The molecule has 35 heavy (non-hydrogen) atoms. The van der Waals surface area contributed by atoms with Crippen LogP contribution in [-0.4, -0.2) is 64.6 Å². The summed E-state index contributed by atoms with van der Waals surface area (Å²) in [6.07, 6.45) is -0.280. The zero-order valence-corrected chi connectivity index (χ0v) is 24.9. The molecular formula is C25H42ClN5O3Si. The van der Waals surface area contributed by atoms with Gasteiger partial charge in [0.25, 0.3) is 0 Å². The Kier molecular flexibility index (Phi) is 7.57. The van der Waals surface area contributed by atoms with Crippen LogP contribution >= 0.6 is 11.6 Å². The number of aryl methyl sites for hydroxylation is 1. The van der Waals surface area contributed by atoms with Crippen LogP contribution in [0, 0.1) is 0 Å². The highest BCUT2D eigenvalue weighted by Gasteiger charge is 2.38. The van der Waals surface area contributed by atoms with Gasteiger partial charge in [0, 0.05) is 38.3 Å². The smallest absolute Gasteiger partial charge is 0.410 e. The Hall–Kier alpha value is -1.84. The van der Waals surface area contributed by atoms with Crippen molar-refractivity contribution in [1.29, 1.82) is 0 Å². The lowest BCUT2D eigenvalue weighted by Gasteiger charge is -2.45. The molecule has 8 nitrogen and oxygen atoms in total. The summed E-state index contributed by atoms with van der Waals surface area (Å²) in [5.41, 5.74) is 1.93. The van der Waals surface area contributed by atoms with Crippen LogP contribution in [0.3, 0.4) is 0 Å². The van der Waals surface area contributed by atoms with E-state index < -0.39 is 13.9 Å². The molecule has 1 fully saturated rings. The number of hydrogen-bond acceptors (Lipinski definition) is 6. The average Bonchev–Trinajstić information content (AvgIpc) is 3.01. The van der Waals surface area contributed by atoms with Crippen LogP contribution in [0.15, 0.2) is 6.07 Å². The molecule has 0 bridgehead atoms. The summed E-state index contributed by atoms with van der Waals surface area (Å²) in [7, 11) is 0.0259. The standard InChI is InChI=1S/C25H42ClN5O3Si/c1-16-14-31(23(32)34-24(3,4)5)17(2)13-30(16)18-12-19(26)27-22-21(18)28-20(29(22)9)15-33-35(10,11)25(6,7)8/h12,16-17H,13-15H2,1-11H3/t16-,17+/m0/s1. The molecule has 2 atom stereocenters. The van der Waals surface area contributed by atoms with Crippen molar-refractivity contribution in [2.45, 2.75) is 97.8 Å². The van der Waals surface area contributed by atoms with E-state index in [0.29, 0.717) is 24.8 Å². The number of aromatic nitrogens is 3. The van der Waals surface area contributed by atoms with Crippen LogP contribution in [0.25, 0.3) is 11.2 Å². The van der Waals surface area contributed by atoms with Crippen LogP contribution < -0.4 is 4.90 Å². The van der Waals surface area contributed by atoms with E-state index in [9.17, 15) is 4.79 Å². The summed E-state index contributed by atoms with van der Waals surface area (Å²) in [5, 5.41) is 0.533. The normalized spacial score (nSPS) is 20.0. The largest absolute Gasteiger partial charge is 0.444 e. The first-order valence-corrected chi connectivity index (χ1v) is 15.6. The summed E-state index contributed by atoms with van der Waals surface area (Å²) in [5.74, 6) is 0.828. The maximum atomic E-state index is 12.8. The van der Waals surface area contributed by atoms with Crippen LogP contribution in [0.2, 0.25) is 23.3 Å². The Morgan fingerprint density at radius 1 is 1.11 bits per heavy atom. The molecule has 0 radical (unpaired) electrons. The van der Waals surface area contributed by atoms with E-state index in [2.05, 4.69) is 50.7 Å². The van der Waals surface area contributed by atoms with Gasteiger partial charge in [-0.15, -0.1) is 0 Å². The SMILES string of the molecule is C[C@@H]1CN(c2cc(Cl)nc3c2nc(CO[Si](C)(C)C(C)(C)C)n3C)[C@@H](C)CN1C(=O)OC(C)(C)C. The Bertz CT molecular complexity index is 1090. The number of halogens is 1. The third kappa shape index (κ3) is 5.94. The Balaban J connectivity index is 1.91. The predicted octanol–water partition coefficient (Wildman–Crippen LogP) is 5.98. The van der Waals surface area contributed by atoms with E-state index in [1.807, 2.05) is 50.3 Å². The van der Waals surface area contributed by atoms with Crippen LogP contribution in [0.4, 0.5) is 10.5 Å². The van der Waals surface area contributed by atoms with Gasteiger partial charge in [-0.1, -0.05) is 32.4 Å². The molecule has 10 heteroatoms. The van der Waals surface area contributed by atoms with Gasteiger partial charge in [-0.3, -0.25) is 0 Å². The molecule has 0 unspecified atom stereocenters. The quantitative estimate of drug-likeness (QED) is 0.362. The van der Waals surface area contributed by atoms with Crippen molar-refractivity contribution in [3.8, 4) is 0 Å². The number of pyridine rings is 1. The van der Waals surface area contributed by atoms with Gasteiger partial charge in [-0.25, -0.2) is 14.8 Å². The summed E-state index contributed by atoms with van der Waals surface area (Å²) >= 11 is 6.48. The molecule has 0 saturated carbocycles. The Morgan fingerprint density at radius 3 is 2.31 bits per heavy atom. The number of rotatable bonds is 4. The van der Waals surface area contributed by atoms with E-state index >= 15 is 0 Å². The fraction of sp³-hybridized carbons (Fsp3) is 0.720. The monoisotopic (exact) mass is 523 g/mol. The summed E-state index contributed by atoms with van der Waals surface area (Å²) in [6, 6.07) is 1.89. The fourth-order valence-corrected chi connectivity index (χ4v) is 5.10. The third-order valence-electron chi connectivity index (χ3n) is 7.16. The minimum absolute atomic E-state index is 0.0341. The summed E-state index contributed by atoms with van der Waals surface area (Å²) in [4.78, 5) is 26.4. The first-order chi connectivity index (χ1) is 15.9. The first-order valence-electron chi connectivity index (χ1n) is 12.3. The minimum Gasteiger partial charge on any atom is -0.444 e. The molecule has 0 aromatic carbocycles. The van der Waals surface area contributed by atoms with Crippen molar-refractivity contribution in [1.82, 2.24) is 19.4 Å². The number of amides is 1.